The maximum Gasteiger partial charge on any atom is 0.151 e. The lowest BCUT2D eigenvalue weighted by Gasteiger charge is -2.35. The van der Waals surface area contributed by atoms with E-state index in [1.165, 1.54) is 25.7 Å². The van der Waals surface area contributed by atoms with Crippen LogP contribution in [0.2, 0.25) is 0 Å². The van der Waals surface area contributed by atoms with Gasteiger partial charge in [-0.25, -0.2) is 0 Å². The molecular weight excluding hydrogens is 214 g/mol. The summed E-state index contributed by atoms with van der Waals surface area (Å²) in [5, 5.41) is 3.93. The van der Waals surface area contributed by atoms with Crippen LogP contribution in [0.1, 0.15) is 44.1 Å². The Bertz CT molecular complexity index is 350. The first-order valence-electron chi connectivity index (χ1n) is 6.55. The second-order valence-electron chi connectivity index (χ2n) is 5.23. The summed E-state index contributed by atoms with van der Waals surface area (Å²) in [6.07, 6.45) is 5.38. The maximum absolute atomic E-state index is 5.52. The van der Waals surface area contributed by atoms with Gasteiger partial charge in [-0.2, -0.15) is 0 Å². The van der Waals surface area contributed by atoms with Crippen LogP contribution in [0.3, 0.4) is 0 Å². The highest BCUT2D eigenvalue weighted by atomic mass is 16.5. The molecule has 1 saturated carbocycles. The van der Waals surface area contributed by atoms with Crippen LogP contribution < -0.4 is 5.73 Å². The SMILES string of the molecule is CC1CCCCC1N(C)Cc1cc(CN)no1. The van der Waals surface area contributed by atoms with Crippen molar-refractivity contribution in [1.29, 1.82) is 0 Å². The maximum atomic E-state index is 5.52. The van der Waals surface area contributed by atoms with Gasteiger partial charge in [-0.15, -0.1) is 0 Å². The van der Waals surface area contributed by atoms with Crippen molar-refractivity contribution in [2.45, 2.75) is 51.7 Å². The molecule has 0 saturated heterocycles. The van der Waals surface area contributed by atoms with Crippen molar-refractivity contribution in [2.24, 2.45) is 11.7 Å². The van der Waals surface area contributed by atoms with Crippen molar-refractivity contribution >= 4 is 0 Å². The first-order valence-corrected chi connectivity index (χ1v) is 6.55. The summed E-state index contributed by atoms with van der Waals surface area (Å²) in [6.45, 7) is 3.64. The van der Waals surface area contributed by atoms with E-state index in [4.69, 9.17) is 10.3 Å². The van der Waals surface area contributed by atoms with E-state index < -0.39 is 0 Å². The molecule has 1 aromatic rings. The Hall–Kier alpha value is -0.870. The van der Waals surface area contributed by atoms with Gasteiger partial charge in [-0.1, -0.05) is 24.9 Å². The van der Waals surface area contributed by atoms with Gasteiger partial charge in [0.2, 0.25) is 0 Å². The standard InChI is InChI=1S/C13H23N3O/c1-10-5-3-4-6-13(10)16(2)9-12-7-11(8-14)15-17-12/h7,10,13H,3-6,8-9,14H2,1-2H3. The molecule has 1 aliphatic carbocycles. The minimum absolute atomic E-state index is 0.451. The number of rotatable bonds is 4. The average Bonchev–Trinajstić information content (AvgIpc) is 2.77. The summed E-state index contributed by atoms with van der Waals surface area (Å²) in [5.41, 5.74) is 6.36. The lowest BCUT2D eigenvalue weighted by atomic mass is 9.85. The Morgan fingerprint density at radius 2 is 2.24 bits per heavy atom. The summed E-state index contributed by atoms with van der Waals surface area (Å²) in [7, 11) is 2.18. The fourth-order valence-electron chi connectivity index (χ4n) is 2.84. The molecule has 4 heteroatoms. The average molecular weight is 237 g/mol. The summed E-state index contributed by atoms with van der Waals surface area (Å²) >= 11 is 0. The molecule has 2 N–H and O–H groups in total. The number of hydrogen-bond acceptors (Lipinski definition) is 4. The topological polar surface area (TPSA) is 55.3 Å². The zero-order valence-corrected chi connectivity index (χ0v) is 10.9. The molecule has 1 aromatic heterocycles. The number of nitrogens with two attached hydrogens (primary N) is 1. The molecule has 1 aliphatic rings. The van der Waals surface area contributed by atoms with Gasteiger partial charge in [-0.3, -0.25) is 4.90 Å². The molecule has 2 rings (SSSR count). The third-order valence-corrected chi connectivity index (χ3v) is 3.85. The Balaban J connectivity index is 1.93. The summed E-state index contributed by atoms with van der Waals surface area (Å²) in [4.78, 5) is 2.39. The molecule has 2 unspecified atom stereocenters. The zero-order chi connectivity index (χ0) is 12.3. The van der Waals surface area contributed by atoms with Gasteiger partial charge >= 0.3 is 0 Å². The second-order valence-corrected chi connectivity index (χ2v) is 5.23. The number of hydrogen-bond donors (Lipinski definition) is 1. The second kappa shape index (κ2) is 5.65. The normalized spacial score (nSPS) is 25.4. The first kappa shape index (κ1) is 12.6. The molecule has 1 heterocycles. The van der Waals surface area contributed by atoms with Crippen molar-refractivity contribution in [3.05, 3.63) is 17.5 Å². The Labute approximate surface area is 103 Å². The van der Waals surface area contributed by atoms with Gasteiger partial charge in [0.1, 0.15) is 0 Å². The van der Waals surface area contributed by atoms with Gasteiger partial charge in [0.15, 0.2) is 5.76 Å². The van der Waals surface area contributed by atoms with Crippen molar-refractivity contribution in [2.75, 3.05) is 7.05 Å². The van der Waals surface area contributed by atoms with Crippen LogP contribution in [0.25, 0.3) is 0 Å². The van der Waals surface area contributed by atoms with Crippen molar-refractivity contribution in [1.82, 2.24) is 10.1 Å². The van der Waals surface area contributed by atoms with Gasteiger partial charge in [0.25, 0.3) is 0 Å². The highest BCUT2D eigenvalue weighted by Crippen LogP contribution is 2.28. The van der Waals surface area contributed by atoms with Crippen molar-refractivity contribution in [3.8, 4) is 0 Å². The fourth-order valence-corrected chi connectivity index (χ4v) is 2.84. The number of aromatic nitrogens is 1. The van der Waals surface area contributed by atoms with Gasteiger partial charge < -0.3 is 10.3 Å². The molecule has 0 aromatic carbocycles. The third kappa shape index (κ3) is 3.07. The summed E-state index contributed by atoms with van der Waals surface area (Å²) in [5.74, 6) is 1.70. The van der Waals surface area contributed by atoms with Crippen LogP contribution in [0.4, 0.5) is 0 Å². The Morgan fingerprint density at radius 3 is 2.88 bits per heavy atom. The van der Waals surface area contributed by atoms with E-state index in [0.717, 1.165) is 23.9 Å². The van der Waals surface area contributed by atoms with Crippen molar-refractivity contribution < 1.29 is 4.52 Å². The predicted molar refractivity (Wildman–Crippen MR) is 67.3 cm³/mol. The largest absolute Gasteiger partial charge is 0.360 e. The molecular formula is C13H23N3O. The summed E-state index contributed by atoms with van der Waals surface area (Å²) < 4.78 is 5.28. The lowest BCUT2D eigenvalue weighted by Crippen LogP contribution is -2.38. The van der Waals surface area contributed by atoms with Crippen molar-refractivity contribution in [3.63, 3.8) is 0 Å². The minimum atomic E-state index is 0.451. The van der Waals surface area contributed by atoms with Crippen LogP contribution in [-0.2, 0) is 13.1 Å². The first-order chi connectivity index (χ1) is 8.20. The smallest absolute Gasteiger partial charge is 0.151 e. The van der Waals surface area contributed by atoms with Gasteiger partial charge in [0, 0.05) is 18.7 Å². The van der Waals surface area contributed by atoms with Crippen LogP contribution in [-0.4, -0.2) is 23.1 Å². The lowest BCUT2D eigenvalue weighted by molar-refractivity contribution is 0.122. The molecule has 0 aliphatic heterocycles. The predicted octanol–water partition coefficient (Wildman–Crippen LogP) is 2.14. The van der Waals surface area contributed by atoms with Gasteiger partial charge in [-0.05, 0) is 25.8 Å². The third-order valence-electron chi connectivity index (χ3n) is 3.85. The fraction of sp³-hybridized carbons (Fsp3) is 0.769. The molecule has 4 nitrogen and oxygen atoms in total. The van der Waals surface area contributed by atoms with Crippen LogP contribution in [0.15, 0.2) is 10.6 Å². The quantitative estimate of drug-likeness (QED) is 0.871. The molecule has 0 amide bonds. The van der Waals surface area contributed by atoms with Gasteiger partial charge in [0.05, 0.1) is 12.2 Å². The molecule has 0 bridgehead atoms. The van der Waals surface area contributed by atoms with Crippen LogP contribution in [0.5, 0.6) is 0 Å². The molecule has 96 valence electrons. The van der Waals surface area contributed by atoms with Crippen LogP contribution >= 0.6 is 0 Å². The highest BCUT2D eigenvalue weighted by Gasteiger charge is 2.25. The highest BCUT2D eigenvalue weighted by molar-refractivity contribution is 5.04. The zero-order valence-electron chi connectivity index (χ0n) is 10.9. The molecule has 0 radical (unpaired) electrons. The van der Waals surface area contributed by atoms with E-state index in [0.29, 0.717) is 12.6 Å². The molecule has 2 atom stereocenters. The molecule has 0 spiro atoms. The minimum Gasteiger partial charge on any atom is -0.360 e. The molecule has 17 heavy (non-hydrogen) atoms. The van der Waals surface area contributed by atoms with E-state index in [2.05, 4.69) is 24.0 Å². The summed E-state index contributed by atoms with van der Waals surface area (Å²) in [6, 6.07) is 2.64. The Kier molecular flexibility index (Phi) is 4.18. The van der Waals surface area contributed by atoms with E-state index in [1.54, 1.807) is 0 Å². The van der Waals surface area contributed by atoms with E-state index in [1.807, 2.05) is 6.07 Å². The Morgan fingerprint density at radius 1 is 1.47 bits per heavy atom. The van der Waals surface area contributed by atoms with Crippen LogP contribution in [0, 0.1) is 5.92 Å². The monoisotopic (exact) mass is 237 g/mol. The molecule has 1 fully saturated rings. The van der Waals surface area contributed by atoms with E-state index >= 15 is 0 Å². The van der Waals surface area contributed by atoms with E-state index in [-0.39, 0.29) is 0 Å². The van der Waals surface area contributed by atoms with E-state index in [9.17, 15) is 0 Å². The number of nitrogens with zero attached hydrogens (tertiary/aromatic N) is 2.